The Morgan fingerprint density at radius 2 is 1.77 bits per heavy atom. The maximum absolute atomic E-state index is 14.1. The maximum atomic E-state index is 14.1. The van der Waals surface area contributed by atoms with Crippen molar-refractivity contribution in [1.82, 2.24) is 10.3 Å². The van der Waals surface area contributed by atoms with Crippen LogP contribution in [0.15, 0.2) is 24.3 Å². The molecule has 8 nitrogen and oxygen atoms in total. The average Bonchev–Trinajstić information content (AvgIpc) is 3.06. The quantitative estimate of drug-likeness (QED) is 0.369. The summed E-state index contributed by atoms with van der Waals surface area (Å²) in [6, 6.07) is 3.61. The number of hydrogen-bond acceptors (Lipinski definition) is 8. The standard InChI is InChI=1S/C18H17F4N3O5S/c1-4-30-14(27)12-9(2)23-16(31-12)25-17(15(28)29-3,18(20,21)22)24-13(26)10-5-7-11(19)8-6-10/h5-8H,4H2,1-3H3,(H,23,25)(H,24,26)/t17-/m1/s1. The van der Waals surface area contributed by atoms with Gasteiger partial charge in [0.25, 0.3) is 5.91 Å². The Bertz CT molecular complexity index is 978. The fourth-order valence-electron chi connectivity index (χ4n) is 2.38. The van der Waals surface area contributed by atoms with E-state index in [1.165, 1.54) is 6.92 Å². The minimum atomic E-state index is -5.40. The highest BCUT2D eigenvalue weighted by Gasteiger charge is 2.64. The van der Waals surface area contributed by atoms with Gasteiger partial charge in [-0.2, -0.15) is 13.2 Å². The fraction of sp³-hybridized carbons (Fsp3) is 0.333. The van der Waals surface area contributed by atoms with Gasteiger partial charge < -0.3 is 20.1 Å². The smallest absolute Gasteiger partial charge is 0.442 e. The molecule has 1 amide bonds. The molecule has 0 aliphatic rings. The lowest BCUT2D eigenvalue weighted by atomic mass is 10.1. The van der Waals surface area contributed by atoms with E-state index >= 15 is 0 Å². The van der Waals surface area contributed by atoms with Crippen LogP contribution in [0.3, 0.4) is 0 Å². The lowest BCUT2D eigenvalue weighted by Crippen LogP contribution is -2.69. The zero-order valence-corrected chi connectivity index (χ0v) is 17.2. The second-order valence-electron chi connectivity index (χ2n) is 5.98. The Morgan fingerprint density at radius 1 is 1.16 bits per heavy atom. The van der Waals surface area contributed by atoms with Crippen molar-refractivity contribution in [2.24, 2.45) is 0 Å². The van der Waals surface area contributed by atoms with Crippen LogP contribution in [0.4, 0.5) is 22.7 Å². The fourth-order valence-corrected chi connectivity index (χ4v) is 3.30. The number of nitrogens with one attached hydrogen (secondary N) is 2. The van der Waals surface area contributed by atoms with Crippen LogP contribution in [-0.4, -0.2) is 48.4 Å². The molecule has 0 saturated carbocycles. The van der Waals surface area contributed by atoms with Gasteiger partial charge >= 0.3 is 23.8 Å². The summed E-state index contributed by atoms with van der Waals surface area (Å²) in [7, 11) is 0.700. The predicted molar refractivity (Wildman–Crippen MR) is 101 cm³/mol. The first-order valence-corrected chi connectivity index (χ1v) is 9.42. The highest BCUT2D eigenvalue weighted by molar-refractivity contribution is 7.17. The van der Waals surface area contributed by atoms with Gasteiger partial charge in [-0.1, -0.05) is 11.3 Å². The molecule has 1 atom stereocenters. The lowest BCUT2D eigenvalue weighted by molar-refractivity contribution is -0.203. The van der Waals surface area contributed by atoms with E-state index in [1.807, 2.05) is 5.32 Å². The molecule has 0 aliphatic carbocycles. The highest BCUT2D eigenvalue weighted by Crippen LogP contribution is 2.35. The van der Waals surface area contributed by atoms with E-state index in [-0.39, 0.29) is 22.7 Å². The van der Waals surface area contributed by atoms with Gasteiger partial charge in [0.15, 0.2) is 5.13 Å². The summed E-state index contributed by atoms with van der Waals surface area (Å²) >= 11 is 0.498. The molecule has 1 aromatic heterocycles. The molecule has 2 N–H and O–H groups in total. The Balaban J connectivity index is 2.49. The number of esters is 2. The highest BCUT2D eigenvalue weighted by atomic mass is 32.1. The molecule has 0 unspecified atom stereocenters. The number of anilines is 1. The monoisotopic (exact) mass is 463 g/mol. The van der Waals surface area contributed by atoms with Crippen LogP contribution in [0.5, 0.6) is 0 Å². The van der Waals surface area contributed by atoms with E-state index in [0.717, 1.165) is 24.3 Å². The van der Waals surface area contributed by atoms with E-state index in [2.05, 4.69) is 9.72 Å². The van der Waals surface area contributed by atoms with E-state index in [4.69, 9.17) is 4.74 Å². The number of carbonyl (C=O) groups is 3. The van der Waals surface area contributed by atoms with E-state index in [0.29, 0.717) is 18.4 Å². The second-order valence-corrected chi connectivity index (χ2v) is 6.98. The molecule has 1 aromatic carbocycles. The Morgan fingerprint density at radius 3 is 2.29 bits per heavy atom. The summed E-state index contributed by atoms with van der Waals surface area (Å²) in [5.74, 6) is -4.75. The average molecular weight is 463 g/mol. The molecule has 0 radical (unpaired) electrons. The van der Waals surface area contributed by atoms with Gasteiger partial charge in [0.1, 0.15) is 10.7 Å². The maximum Gasteiger partial charge on any atom is 0.442 e. The minimum absolute atomic E-state index is 0.0291. The van der Waals surface area contributed by atoms with E-state index < -0.39 is 40.6 Å². The van der Waals surface area contributed by atoms with Crippen molar-refractivity contribution in [1.29, 1.82) is 0 Å². The van der Waals surface area contributed by atoms with Crippen LogP contribution in [0.1, 0.15) is 32.6 Å². The molecule has 0 aliphatic heterocycles. The van der Waals surface area contributed by atoms with Crippen molar-refractivity contribution < 1.29 is 41.4 Å². The van der Waals surface area contributed by atoms with Crippen LogP contribution in [-0.2, 0) is 14.3 Å². The second kappa shape index (κ2) is 9.29. The number of nitrogens with zero attached hydrogens (tertiary/aromatic N) is 1. The summed E-state index contributed by atoms with van der Waals surface area (Å²) in [6.45, 7) is 2.93. The number of hydrogen-bond donors (Lipinski definition) is 2. The van der Waals surface area contributed by atoms with Gasteiger partial charge in [-0.15, -0.1) is 0 Å². The van der Waals surface area contributed by atoms with Crippen molar-refractivity contribution >= 4 is 34.3 Å². The largest absolute Gasteiger partial charge is 0.466 e. The molecule has 168 valence electrons. The van der Waals surface area contributed by atoms with Crippen LogP contribution >= 0.6 is 11.3 Å². The Labute approximate surface area is 177 Å². The van der Waals surface area contributed by atoms with Crippen molar-refractivity contribution in [3.8, 4) is 0 Å². The summed E-state index contributed by atoms with van der Waals surface area (Å²) < 4.78 is 64.4. The van der Waals surface area contributed by atoms with Crippen LogP contribution in [0.25, 0.3) is 0 Å². The molecule has 13 heteroatoms. The minimum Gasteiger partial charge on any atom is -0.466 e. The van der Waals surface area contributed by atoms with Crippen LogP contribution in [0, 0.1) is 12.7 Å². The van der Waals surface area contributed by atoms with Gasteiger partial charge in [0, 0.05) is 5.56 Å². The van der Waals surface area contributed by atoms with Gasteiger partial charge in [0.2, 0.25) is 0 Å². The molecular weight excluding hydrogens is 446 g/mol. The van der Waals surface area contributed by atoms with Crippen LogP contribution in [0.2, 0.25) is 0 Å². The number of alkyl halides is 3. The molecule has 2 aromatic rings. The molecule has 0 fully saturated rings. The molecule has 0 bridgehead atoms. The number of thiazole rings is 1. The summed E-state index contributed by atoms with van der Waals surface area (Å²) in [6.07, 6.45) is -5.40. The molecule has 2 rings (SSSR count). The number of aromatic nitrogens is 1. The number of amides is 1. The normalized spacial score (nSPS) is 13.1. The van der Waals surface area contributed by atoms with Gasteiger partial charge in [-0.25, -0.2) is 19.0 Å². The molecular formula is C18H17F4N3O5S. The lowest BCUT2D eigenvalue weighted by Gasteiger charge is -2.34. The zero-order valence-electron chi connectivity index (χ0n) is 16.4. The van der Waals surface area contributed by atoms with Crippen molar-refractivity contribution in [3.63, 3.8) is 0 Å². The number of ether oxygens (including phenoxy) is 2. The predicted octanol–water partition coefficient (Wildman–Crippen LogP) is 3.04. The van der Waals surface area contributed by atoms with E-state index in [9.17, 15) is 31.9 Å². The number of methoxy groups -OCH3 is 1. The van der Waals surface area contributed by atoms with Crippen LogP contribution < -0.4 is 10.6 Å². The molecule has 0 spiro atoms. The van der Waals surface area contributed by atoms with Gasteiger partial charge in [-0.05, 0) is 38.1 Å². The van der Waals surface area contributed by atoms with Gasteiger partial charge in [-0.3, -0.25) is 4.79 Å². The number of benzene rings is 1. The summed E-state index contributed by atoms with van der Waals surface area (Å²) in [4.78, 5) is 40.3. The summed E-state index contributed by atoms with van der Waals surface area (Å²) in [5, 5.41) is 2.92. The number of rotatable bonds is 7. The first-order valence-electron chi connectivity index (χ1n) is 8.61. The number of aryl methyl sites for hydroxylation is 1. The number of halogens is 4. The third kappa shape index (κ3) is 5.10. The van der Waals surface area contributed by atoms with E-state index in [1.54, 1.807) is 12.2 Å². The zero-order chi connectivity index (χ0) is 23.4. The third-order valence-electron chi connectivity index (χ3n) is 3.88. The molecule has 31 heavy (non-hydrogen) atoms. The molecule has 0 saturated heterocycles. The Hall–Kier alpha value is -3.22. The SMILES string of the molecule is CCOC(=O)c1sc(N[C@](NC(=O)c2ccc(F)cc2)(C(=O)OC)C(F)(F)F)nc1C. The van der Waals surface area contributed by atoms with Gasteiger partial charge in [0.05, 0.1) is 19.4 Å². The van der Waals surface area contributed by atoms with Crippen molar-refractivity contribution in [2.45, 2.75) is 25.7 Å². The first kappa shape index (κ1) is 24.1. The van der Waals surface area contributed by atoms with Crippen molar-refractivity contribution in [3.05, 3.63) is 46.2 Å². The topological polar surface area (TPSA) is 107 Å². The third-order valence-corrected chi connectivity index (χ3v) is 4.93. The number of carbonyl (C=O) groups excluding carboxylic acids is 3. The molecule has 1 heterocycles. The first-order chi connectivity index (χ1) is 14.4. The Kier molecular flexibility index (Phi) is 7.21. The summed E-state index contributed by atoms with van der Waals surface area (Å²) in [5.41, 5.74) is -4.04. The van der Waals surface area contributed by atoms with Crippen molar-refractivity contribution in [2.75, 3.05) is 19.0 Å².